The predicted molar refractivity (Wildman–Crippen MR) is 149 cm³/mol. The minimum atomic E-state index is -4.14. The van der Waals surface area contributed by atoms with Crippen LogP contribution in [0.25, 0.3) is 0 Å². The zero-order valence-electron chi connectivity index (χ0n) is 22.0. The number of carbonyl (C=O) groups excluding carboxylic acids is 1. The number of rotatable bonds is 12. The van der Waals surface area contributed by atoms with E-state index in [2.05, 4.69) is 4.72 Å². The first-order valence-electron chi connectivity index (χ1n) is 12.8. The third kappa shape index (κ3) is 7.39. The number of hydrogen-bond donors (Lipinski definition) is 4. The van der Waals surface area contributed by atoms with Crippen molar-refractivity contribution in [2.75, 3.05) is 0 Å². The van der Waals surface area contributed by atoms with Gasteiger partial charge in [-0.25, -0.2) is 8.42 Å². The number of carboxylic acids is 1. The van der Waals surface area contributed by atoms with Gasteiger partial charge in [0.05, 0.1) is 17.0 Å². The number of Topliss-reactive ketones (excluding diaryl/α,β-unsaturated/α-hetero) is 1. The molecule has 210 valence electrons. The molecule has 11 heteroatoms. The van der Waals surface area contributed by atoms with Gasteiger partial charge in [-0.3, -0.25) is 19.8 Å². The van der Waals surface area contributed by atoms with Crippen molar-refractivity contribution >= 4 is 27.6 Å². The Labute approximate surface area is 233 Å². The monoisotopic (exact) mass is 564 g/mol. The van der Waals surface area contributed by atoms with E-state index >= 15 is 0 Å². The molecule has 1 aliphatic rings. The lowest BCUT2D eigenvalue weighted by Crippen LogP contribution is -2.42. The molecule has 0 spiro atoms. The Hall–Kier alpha value is -3.90. The van der Waals surface area contributed by atoms with Gasteiger partial charge in [-0.1, -0.05) is 66.7 Å². The molecule has 40 heavy (non-hydrogen) atoms. The van der Waals surface area contributed by atoms with Crippen LogP contribution in [-0.2, 0) is 31.0 Å². The van der Waals surface area contributed by atoms with E-state index in [1.165, 1.54) is 12.1 Å². The molecule has 0 aromatic heterocycles. The van der Waals surface area contributed by atoms with Gasteiger partial charge in [0.2, 0.25) is 10.0 Å². The first-order chi connectivity index (χ1) is 19.0. The third-order valence-electron chi connectivity index (χ3n) is 6.69. The number of hydrogen-bond acceptors (Lipinski definition) is 7. The van der Waals surface area contributed by atoms with Gasteiger partial charge in [-0.15, -0.1) is 0 Å². The molecular formula is C29H32N4O6S. The molecule has 1 aliphatic heterocycles. The summed E-state index contributed by atoms with van der Waals surface area (Å²) < 4.78 is 27.7. The van der Waals surface area contributed by atoms with E-state index in [0.29, 0.717) is 24.1 Å². The van der Waals surface area contributed by atoms with Gasteiger partial charge in [-0.05, 0) is 42.2 Å². The summed E-state index contributed by atoms with van der Waals surface area (Å²) in [5, 5.41) is 19.1. The molecule has 10 nitrogen and oxygen atoms in total. The molecule has 1 saturated heterocycles. The number of aryl methyl sites for hydroxylation is 1. The number of carboxylic acid groups (broad SMARTS) is 1. The lowest BCUT2D eigenvalue weighted by atomic mass is 9.96. The first-order valence-corrected chi connectivity index (χ1v) is 14.3. The molecule has 3 atom stereocenters. The highest BCUT2D eigenvalue weighted by Crippen LogP contribution is 2.37. The molecule has 4 rings (SSSR count). The number of nitrogen functional groups attached to an aromatic ring is 1. The van der Waals surface area contributed by atoms with E-state index in [-0.39, 0.29) is 23.2 Å². The number of aliphatic carboxylic acids is 1. The highest BCUT2D eigenvalue weighted by molar-refractivity contribution is 7.89. The number of nitrogens with one attached hydrogen (secondary N) is 2. The maximum atomic E-state index is 13.0. The maximum absolute atomic E-state index is 13.0. The maximum Gasteiger partial charge on any atom is 0.322 e. The van der Waals surface area contributed by atoms with Crippen LogP contribution in [0.2, 0.25) is 0 Å². The molecule has 0 saturated carbocycles. The summed E-state index contributed by atoms with van der Waals surface area (Å²) in [7, 11) is -4.14. The van der Waals surface area contributed by atoms with Crippen LogP contribution < -0.4 is 10.5 Å². The van der Waals surface area contributed by atoms with Gasteiger partial charge >= 0.3 is 5.97 Å². The average Bonchev–Trinajstić information content (AvgIpc) is 3.30. The molecule has 1 heterocycles. The van der Waals surface area contributed by atoms with Crippen molar-refractivity contribution in [1.82, 2.24) is 9.79 Å². The quantitative estimate of drug-likeness (QED) is 0.192. The summed E-state index contributed by atoms with van der Waals surface area (Å²) in [4.78, 5) is 31.0. The van der Waals surface area contributed by atoms with Crippen molar-refractivity contribution in [2.24, 2.45) is 5.73 Å². The summed E-state index contributed by atoms with van der Waals surface area (Å²) >= 11 is 0. The molecule has 0 radical (unpaired) electrons. The molecular weight excluding hydrogens is 532 g/mol. The van der Waals surface area contributed by atoms with Gasteiger partial charge in [0.1, 0.15) is 17.7 Å². The van der Waals surface area contributed by atoms with Crippen molar-refractivity contribution in [1.29, 1.82) is 5.41 Å². The van der Waals surface area contributed by atoms with Crippen LogP contribution in [-0.4, -0.2) is 48.3 Å². The number of carbonyl (C=O) groups is 2. The topological polar surface area (TPSA) is 163 Å². The van der Waals surface area contributed by atoms with Crippen molar-refractivity contribution in [3.8, 4) is 0 Å². The van der Waals surface area contributed by atoms with Crippen LogP contribution in [0.15, 0.2) is 83.8 Å². The fraction of sp³-hybridized carbons (Fsp3) is 0.276. The highest BCUT2D eigenvalue weighted by atomic mass is 32.2. The minimum Gasteiger partial charge on any atom is -0.480 e. The second kappa shape index (κ2) is 12.5. The molecule has 1 fully saturated rings. The van der Waals surface area contributed by atoms with Crippen LogP contribution in [0.3, 0.4) is 0 Å². The van der Waals surface area contributed by atoms with Gasteiger partial charge in [0.15, 0.2) is 0 Å². The Kier molecular flexibility index (Phi) is 9.10. The molecule has 5 N–H and O–H groups in total. The molecule has 0 bridgehead atoms. The summed E-state index contributed by atoms with van der Waals surface area (Å²) in [6, 6.07) is 21.2. The smallest absolute Gasteiger partial charge is 0.322 e. The van der Waals surface area contributed by atoms with Crippen LogP contribution in [0.1, 0.15) is 47.6 Å². The Bertz CT molecular complexity index is 1480. The average molecular weight is 565 g/mol. The highest BCUT2D eigenvalue weighted by Gasteiger charge is 2.37. The van der Waals surface area contributed by atoms with Crippen LogP contribution in [0.4, 0.5) is 0 Å². The Morgan fingerprint density at radius 2 is 1.80 bits per heavy atom. The van der Waals surface area contributed by atoms with Crippen LogP contribution in [0, 0.1) is 12.3 Å². The Morgan fingerprint density at radius 3 is 2.42 bits per heavy atom. The van der Waals surface area contributed by atoms with E-state index in [9.17, 15) is 23.1 Å². The summed E-state index contributed by atoms with van der Waals surface area (Å²) in [5.41, 5.74) is 8.82. The van der Waals surface area contributed by atoms with E-state index in [1.54, 1.807) is 36.3 Å². The normalized spacial score (nSPS) is 18.3. The number of nitrogens with two attached hydrogens (primary N) is 1. The fourth-order valence-electron chi connectivity index (χ4n) is 4.68. The number of hydroxylamine groups is 2. The zero-order chi connectivity index (χ0) is 28.9. The summed E-state index contributed by atoms with van der Waals surface area (Å²) in [5.74, 6) is -1.91. The number of ketones is 1. The third-order valence-corrected chi connectivity index (χ3v) is 8.16. The van der Waals surface area contributed by atoms with E-state index in [0.717, 1.165) is 11.1 Å². The standard InChI is InChI=1S/C29H32N4O6S/c1-19-6-5-9-25(14-19)40(37,38)32-26(29(35)36)16-23(34)15-24-17-27(21-10-12-22(13-11-21)28(30)31)33(39-24)18-20-7-3-2-4-8-20/h2-14,24,26-27,32H,15-18H2,1H3,(H3,30,31)(H,35,36)/t24-,26+,27-/m1/s1. The van der Waals surface area contributed by atoms with Crippen molar-refractivity contribution in [3.05, 3.63) is 101 Å². The number of amidine groups is 1. The molecule has 3 aromatic carbocycles. The largest absolute Gasteiger partial charge is 0.480 e. The molecule has 0 aliphatic carbocycles. The minimum absolute atomic E-state index is 0.0372. The first kappa shape index (κ1) is 29.1. The van der Waals surface area contributed by atoms with Crippen molar-refractivity contribution < 1.29 is 28.0 Å². The Balaban J connectivity index is 1.46. The van der Waals surface area contributed by atoms with Crippen LogP contribution >= 0.6 is 0 Å². The fourth-order valence-corrected chi connectivity index (χ4v) is 5.97. The van der Waals surface area contributed by atoms with Gasteiger partial charge < -0.3 is 10.8 Å². The van der Waals surface area contributed by atoms with Gasteiger partial charge in [0.25, 0.3) is 0 Å². The lowest BCUT2D eigenvalue weighted by molar-refractivity contribution is -0.173. The van der Waals surface area contributed by atoms with E-state index in [4.69, 9.17) is 16.0 Å². The van der Waals surface area contributed by atoms with Crippen LogP contribution in [0.5, 0.6) is 0 Å². The molecule has 0 amide bonds. The predicted octanol–water partition coefficient (Wildman–Crippen LogP) is 3.31. The van der Waals surface area contributed by atoms with Crippen molar-refractivity contribution in [2.45, 2.75) is 55.8 Å². The second-order valence-electron chi connectivity index (χ2n) is 9.85. The van der Waals surface area contributed by atoms with Gasteiger partial charge in [-0.2, -0.15) is 9.79 Å². The Morgan fingerprint density at radius 1 is 1.10 bits per heavy atom. The summed E-state index contributed by atoms with van der Waals surface area (Å²) in [6.07, 6.45) is -0.665. The lowest BCUT2D eigenvalue weighted by Gasteiger charge is -2.23. The number of nitrogens with zero attached hydrogens (tertiary/aromatic N) is 1. The molecule has 3 aromatic rings. The number of sulfonamides is 1. The summed E-state index contributed by atoms with van der Waals surface area (Å²) in [6.45, 7) is 2.18. The zero-order valence-corrected chi connectivity index (χ0v) is 22.8. The molecule has 0 unspecified atom stereocenters. The van der Waals surface area contributed by atoms with Crippen molar-refractivity contribution in [3.63, 3.8) is 0 Å². The second-order valence-corrected chi connectivity index (χ2v) is 11.6. The van der Waals surface area contributed by atoms with Gasteiger partial charge in [0, 0.05) is 24.9 Å². The number of benzene rings is 3. The van der Waals surface area contributed by atoms with E-state index in [1.807, 2.05) is 42.5 Å². The van der Waals surface area contributed by atoms with E-state index < -0.39 is 40.3 Å². The SMILES string of the molecule is Cc1cccc(S(=O)(=O)N[C@@H](CC(=O)C[C@@H]2C[C@H](c3ccc(C(=N)N)cc3)N(Cc3ccccc3)O2)C(=O)O)c1.